The number of carbonyl (C=O) groups excluding carboxylic acids is 1. The van der Waals surface area contributed by atoms with Gasteiger partial charge in [-0.1, -0.05) is 12.1 Å². The summed E-state index contributed by atoms with van der Waals surface area (Å²) >= 11 is 0. The van der Waals surface area contributed by atoms with Crippen LogP contribution in [0, 0.1) is 5.82 Å². The molecule has 10 heteroatoms. The van der Waals surface area contributed by atoms with Crippen molar-refractivity contribution in [2.45, 2.75) is 51.6 Å². The molecule has 0 unspecified atom stereocenters. The zero-order valence-electron chi connectivity index (χ0n) is 18.0. The molecular formula is C23H25F3N2O5. The number of ketones is 1. The molecule has 0 amide bonds. The lowest BCUT2D eigenvalue weighted by Crippen LogP contribution is -2.20. The van der Waals surface area contributed by atoms with E-state index in [1.54, 1.807) is 25.1 Å². The van der Waals surface area contributed by atoms with Crippen molar-refractivity contribution in [2.75, 3.05) is 13.2 Å². The van der Waals surface area contributed by atoms with Gasteiger partial charge >= 0.3 is 6.61 Å². The standard InChI is InChI=1S/C23H25F3N2O5/c1-13(30)19(14-2-4-16(24)5-3-14)10-18(31)9-17-8-15-11-27-22(21(15)20(12-29)28-17)32-6-7-33-23(25)26/h2-5,8,13,19,23,29-30H,6-7,9-12H2,1H3/t13-,19-/m1/s1. The Labute approximate surface area is 188 Å². The molecule has 1 aliphatic rings. The Kier molecular flexibility index (Phi) is 8.54. The fraction of sp³-hybridized carbons (Fsp3) is 0.435. The van der Waals surface area contributed by atoms with Crippen molar-refractivity contribution in [1.29, 1.82) is 0 Å². The van der Waals surface area contributed by atoms with Crippen LogP contribution in [-0.4, -0.2) is 52.8 Å². The number of benzene rings is 1. The number of fused-ring (bicyclic) bond motifs is 1. The molecular weight excluding hydrogens is 441 g/mol. The number of hydrogen-bond donors (Lipinski definition) is 2. The van der Waals surface area contributed by atoms with E-state index in [9.17, 15) is 28.2 Å². The van der Waals surface area contributed by atoms with Crippen LogP contribution in [-0.2, 0) is 33.8 Å². The maximum Gasteiger partial charge on any atom is 0.345 e. The maximum absolute atomic E-state index is 13.2. The van der Waals surface area contributed by atoms with Crippen LogP contribution < -0.4 is 0 Å². The van der Waals surface area contributed by atoms with Gasteiger partial charge in [0.25, 0.3) is 0 Å². The third-order valence-electron chi connectivity index (χ3n) is 5.26. The van der Waals surface area contributed by atoms with Crippen LogP contribution in [0.1, 0.15) is 47.3 Å². The maximum atomic E-state index is 13.2. The Bertz CT molecular complexity index is 996. The summed E-state index contributed by atoms with van der Waals surface area (Å²) in [6.45, 7) is -1.96. The SMILES string of the molecule is C[C@@H](O)[C@@H](CC(=O)Cc1cc2c(c(CO)n1)C(OCCOC(F)F)=NC2)c1ccc(F)cc1. The lowest BCUT2D eigenvalue weighted by molar-refractivity contribution is -0.134. The zero-order chi connectivity index (χ0) is 24.0. The minimum atomic E-state index is -2.89. The van der Waals surface area contributed by atoms with Gasteiger partial charge in [-0.05, 0) is 36.2 Å². The molecule has 178 valence electrons. The smallest absolute Gasteiger partial charge is 0.345 e. The molecule has 0 bridgehead atoms. The molecule has 0 spiro atoms. The van der Waals surface area contributed by atoms with Crippen molar-refractivity contribution in [3.05, 3.63) is 64.2 Å². The highest BCUT2D eigenvalue weighted by atomic mass is 19.3. The number of Topliss-reactive ketones (excluding diaryl/α,β-unsaturated/α-hetero) is 1. The number of carbonyl (C=O) groups is 1. The van der Waals surface area contributed by atoms with E-state index in [1.807, 2.05) is 0 Å². The topological polar surface area (TPSA) is 101 Å². The minimum absolute atomic E-state index is 0.0247. The second-order valence-corrected chi connectivity index (χ2v) is 7.67. The highest BCUT2D eigenvalue weighted by molar-refractivity contribution is 5.98. The zero-order valence-corrected chi connectivity index (χ0v) is 18.0. The second kappa shape index (κ2) is 11.4. The van der Waals surface area contributed by atoms with E-state index < -0.39 is 31.1 Å². The largest absolute Gasteiger partial charge is 0.475 e. The quantitative estimate of drug-likeness (QED) is 0.494. The van der Waals surface area contributed by atoms with Crippen LogP contribution >= 0.6 is 0 Å². The Hall–Kier alpha value is -2.82. The predicted molar refractivity (Wildman–Crippen MR) is 112 cm³/mol. The molecule has 2 atom stereocenters. The first-order valence-electron chi connectivity index (χ1n) is 10.4. The third kappa shape index (κ3) is 6.59. The minimum Gasteiger partial charge on any atom is -0.475 e. The number of halogens is 3. The summed E-state index contributed by atoms with van der Waals surface area (Å²) in [6, 6.07) is 7.34. The lowest BCUT2D eigenvalue weighted by atomic mass is 9.88. The molecule has 2 N–H and O–H groups in total. The van der Waals surface area contributed by atoms with E-state index in [-0.39, 0.29) is 50.0 Å². The fourth-order valence-corrected chi connectivity index (χ4v) is 3.74. The summed E-state index contributed by atoms with van der Waals surface area (Å²) in [5.41, 5.74) is 2.55. The van der Waals surface area contributed by atoms with E-state index in [0.717, 1.165) is 0 Å². The molecule has 7 nitrogen and oxygen atoms in total. The van der Waals surface area contributed by atoms with Crippen LogP contribution in [0.4, 0.5) is 13.2 Å². The Morgan fingerprint density at radius 1 is 1.21 bits per heavy atom. The average molecular weight is 466 g/mol. The molecule has 33 heavy (non-hydrogen) atoms. The van der Waals surface area contributed by atoms with E-state index in [4.69, 9.17) is 4.74 Å². The van der Waals surface area contributed by atoms with Crippen molar-refractivity contribution >= 4 is 11.7 Å². The molecule has 0 aliphatic carbocycles. The lowest BCUT2D eigenvalue weighted by Gasteiger charge is -2.20. The van der Waals surface area contributed by atoms with Crippen molar-refractivity contribution < 1.29 is 37.7 Å². The number of nitrogens with zero attached hydrogens (tertiary/aromatic N) is 2. The van der Waals surface area contributed by atoms with Crippen molar-refractivity contribution in [1.82, 2.24) is 4.98 Å². The number of hydrogen-bond acceptors (Lipinski definition) is 7. The van der Waals surface area contributed by atoms with Gasteiger partial charge in [-0.2, -0.15) is 8.78 Å². The molecule has 0 saturated heterocycles. The summed E-state index contributed by atoms with van der Waals surface area (Å²) in [5, 5.41) is 19.9. The van der Waals surface area contributed by atoms with Crippen LogP contribution in [0.15, 0.2) is 35.3 Å². The van der Waals surface area contributed by atoms with Crippen molar-refractivity contribution in [3.63, 3.8) is 0 Å². The molecule has 1 aliphatic heterocycles. The Morgan fingerprint density at radius 3 is 2.58 bits per heavy atom. The van der Waals surface area contributed by atoms with Gasteiger partial charge in [-0.3, -0.25) is 9.78 Å². The van der Waals surface area contributed by atoms with Crippen molar-refractivity contribution in [3.8, 4) is 0 Å². The number of aliphatic hydroxyl groups is 2. The van der Waals surface area contributed by atoms with E-state index >= 15 is 0 Å². The van der Waals surface area contributed by atoms with Gasteiger partial charge in [-0.25, -0.2) is 9.38 Å². The fourth-order valence-electron chi connectivity index (χ4n) is 3.74. The monoisotopic (exact) mass is 466 g/mol. The van der Waals surface area contributed by atoms with Crippen LogP contribution in [0.5, 0.6) is 0 Å². The third-order valence-corrected chi connectivity index (χ3v) is 5.26. The normalized spacial score (nSPS) is 14.7. The highest BCUT2D eigenvalue weighted by Crippen LogP contribution is 2.27. The van der Waals surface area contributed by atoms with Crippen LogP contribution in [0.2, 0.25) is 0 Å². The second-order valence-electron chi connectivity index (χ2n) is 7.67. The average Bonchev–Trinajstić information content (AvgIpc) is 3.18. The molecule has 2 aromatic rings. The first-order valence-corrected chi connectivity index (χ1v) is 10.4. The number of aliphatic imine (C=N–C) groups is 1. The first kappa shape index (κ1) is 24.8. The first-order chi connectivity index (χ1) is 15.8. The molecule has 0 radical (unpaired) electrons. The number of rotatable bonds is 11. The number of aromatic nitrogens is 1. The van der Waals surface area contributed by atoms with Crippen LogP contribution in [0.25, 0.3) is 0 Å². The number of aliphatic hydroxyl groups excluding tert-OH is 2. The summed E-state index contributed by atoms with van der Waals surface area (Å²) in [5.74, 6) is -0.895. The van der Waals surface area contributed by atoms with Gasteiger partial charge in [-0.15, -0.1) is 0 Å². The van der Waals surface area contributed by atoms with Crippen molar-refractivity contribution in [2.24, 2.45) is 4.99 Å². The van der Waals surface area contributed by atoms with E-state index in [2.05, 4.69) is 14.7 Å². The van der Waals surface area contributed by atoms with E-state index in [1.165, 1.54) is 12.1 Å². The predicted octanol–water partition coefficient (Wildman–Crippen LogP) is 2.90. The summed E-state index contributed by atoms with van der Waals surface area (Å²) in [4.78, 5) is 21.3. The van der Waals surface area contributed by atoms with Gasteiger partial charge in [0.15, 0.2) is 0 Å². The summed E-state index contributed by atoms with van der Waals surface area (Å²) < 4.78 is 46.9. The molecule has 1 aromatic heterocycles. The van der Waals surface area contributed by atoms with E-state index in [0.29, 0.717) is 22.4 Å². The number of alkyl halides is 2. The molecule has 0 fully saturated rings. The number of ether oxygens (including phenoxy) is 2. The number of pyridine rings is 1. The Morgan fingerprint density at radius 2 is 1.94 bits per heavy atom. The Balaban J connectivity index is 1.68. The highest BCUT2D eigenvalue weighted by Gasteiger charge is 2.25. The molecule has 0 saturated carbocycles. The van der Waals surface area contributed by atoms with Gasteiger partial charge in [0.2, 0.25) is 5.90 Å². The van der Waals surface area contributed by atoms with Gasteiger partial charge in [0.1, 0.15) is 18.2 Å². The van der Waals surface area contributed by atoms with Crippen LogP contribution in [0.3, 0.4) is 0 Å². The van der Waals surface area contributed by atoms with Gasteiger partial charge < -0.3 is 19.7 Å². The summed E-state index contributed by atoms with van der Waals surface area (Å²) in [7, 11) is 0. The van der Waals surface area contributed by atoms with Gasteiger partial charge in [0, 0.05) is 24.5 Å². The molecule has 2 heterocycles. The molecule has 3 rings (SSSR count). The van der Waals surface area contributed by atoms with Gasteiger partial charge in [0.05, 0.1) is 37.1 Å². The molecule has 1 aromatic carbocycles. The summed E-state index contributed by atoms with van der Waals surface area (Å²) in [6.07, 6.45) is -0.809.